The fraction of sp³-hybridized carbons (Fsp3) is 0.0625. The molecule has 3 aromatic rings. The molecule has 96 valence electrons. The minimum Gasteiger partial charge on any atom is -0.343 e. The number of fused-ring (bicyclic) bond motifs is 1. The Labute approximate surface area is 116 Å². The van der Waals surface area contributed by atoms with Crippen molar-refractivity contribution in [3.05, 3.63) is 60.3 Å². The molecule has 0 amide bonds. The Kier molecular flexibility index (Phi) is 3.02. The van der Waals surface area contributed by atoms with Gasteiger partial charge in [0.05, 0.1) is 29.0 Å². The average molecular weight is 260 g/mol. The molecule has 0 saturated carbocycles. The summed E-state index contributed by atoms with van der Waals surface area (Å²) in [4.78, 5) is 2.04. The monoisotopic (exact) mass is 260 g/mol. The molecule has 0 unspecified atom stereocenters. The fourth-order valence-electron chi connectivity index (χ4n) is 2.16. The maximum atomic E-state index is 8.84. The van der Waals surface area contributed by atoms with Gasteiger partial charge in [-0.3, -0.25) is 0 Å². The average Bonchev–Trinajstić information content (AvgIpc) is 2.54. The number of nitrogens with zero attached hydrogens (tertiary/aromatic N) is 4. The molecule has 0 aliphatic carbocycles. The molecule has 1 heterocycles. The Bertz CT molecular complexity index is 782. The molecule has 4 heteroatoms. The molecular formula is C16H12N4. The first kappa shape index (κ1) is 12.1. The summed E-state index contributed by atoms with van der Waals surface area (Å²) in [6.45, 7) is 0. The predicted octanol–water partition coefficient (Wildman–Crippen LogP) is 3.27. The summed E-state index contributed by atoms with van der Waals surface area (Å²) in [5.41, 5.74) is 3.51. The van der Waals surface area contributed by atoms with Crippen LogP contribution in [0, 0.1) is 11.3 Å². The van der Waals surface area contributed by atoms with E-state index in [-0.39, 0.29) is 0 Å². The Hall–Kier alpha value is -2.93. The Morgan fingerprint density at radius 1 is 1.05 bits per heavy atom. The molecule has 0 radical (unpaired) electrons. The van der Waals surface area contributed by atoms with Crippen molar-refractivity contribution >= 4 is 22.3 Å². The lowest BCUT2D eigenvalue weighted by Gasteiger charge is -2.20. The van der Waals surface area contributed by atoms with Crippen LogP contribution in [0.5, 0.6) is 0 Å². The third kappa shape index (κ3) is 2.06. The maximum Gasteiger partial charge on any atom is 0.0991 e. The van der Waals surface area contributed by atoms with E-state index in [0.29, 0.717) is 5.56 Å². The van der Waals surface area contributed by atoms with Crippen molar-refractivity contribution in [3.8, 4) is 6.07 Å². The van der Waals surface area contributed by atoms with Gasteiger partial charge in [0.1, 0.15) is 0 Å². The van der Waals surface area contributed by atoms with Gasteiger partial charge in [0.2, 0.25) is 0 Å². The summed E-state index contributed by atoms with van der Waals surface area (Å²) in [6, 6.07) is 17.5. The van der Waals surface area contributed by atoms with Crippen LogP contribution in [0.2, 0.25) is 0 Å². The molecule has 0 aliphatic heterocycles. The van der Waals surface area contributed by atoms with Crippen LogP contribution in [0.15, 0.2) is 54.7 Å². The van der Waals surface area contributed by atoms with Crippen LogP contribution < -0.4 is 4.90 Å². The van der Waals surface area contributed by atoms with Crippen LogP contribution in [0.3, 0.4) is 0 Å². The molecule has 0 bridgehead atoms. The molecule has 4 nitrogen and oxygen atoms in total. The Morgan fingerprint density at radius 2 is 1.80 bits per heavy atom. The zero-order valence-corrected chi connectivity index (χ0v) is 11.0. The summed E-state index contributed by atoms with van der Waals surface area (Å²) in [5.74, 6) is 0. The summed E-state index contributed by atoms with van der Waals surface area (Å²) in [5, 5.41) is 18.1. The quantitative estimate of drug-likeness (QED) is 0.709. The molecule has 0 atom stereocenters. The van der Waals surface area contributed by atoms with Crippen LogP contribution in [0.4, 0.5) is 11.4 Å². The molecule has 2 aromatic carbocycles. The highest BCUT2D eigenvalue weighted by molar-refractivity contribution is 5.92. The second kappa shape index (κ2) is 4.98. The van der Waals surface area contributed by atoms with E-state index in [4.69, 9.17) is 5.26 Å². The van der Waals surface area contributed by atoms with E-state index in [0.717, 1.165) is 22.3 Å². The fourth-order valence-corrected chi connectivity index (χ4v) is 2.16. The minimum absolute atomic E-state index is 0.653. The highest BCUT2D eigenvalue weighted by Crippen LogP contribution is 2.29. The summed E-state index contributed by atoms with van der Waals surface area (Å²) in [7, 11) is 1.98. The number of rotatable bonds is 2. The number of aromatic nitrogens is 2. The van der Waals surface area contributed by atoms with Crippen molar-refractivity contribution in [3.63, 3.8) is 0 Å². The van der Waals surface area contributed by atoms with E-state index in [9.17, 15) is 0 Å². The Balaban J connectivity index is 2.08. The second-order valence-electron chi connectivity index (χ2n) is 4.46. The van der Waals surface area contributed by atoms with Gasteiger partial charge in [-0.05, 0) is 30.3 Å². The van der Waals surface area contributed by atoms with E-state index in [1.165, 1.54) is 0 Å². The summed E-state index contributed by atoms with van der Waals surface area (Å²) < 4.78 is 0. The van der Waals surface area contributed by atoms with Gasteiger partial charge in [0.15, 0.2) is 0 Å². The van der Waals surface area contributed by atoms with Crippen molar-refractivity contribution in [2.24, 2.45) is 0 Å². The van der Waals surface area contributed by atoms with Crippen LogP contribution in [0.25, 0.3) is 10.9 Å². The first-order valence-electron chi connectivity index (χ1n) is 6.24. The van der Waals surface area contributed by atoms with Crippen LogP contribution in [-0.4, -0.2) is 17.2 Å². The summed E-state index contributed by atoms with van der Waals surface area (Å²) in [6.07, 6.45) is 1.75. The van der Waals surface area contributed by atoms with E-state index in [1.54, 1.807) is 6.20 Å². The third-order valence-electron chi connectivity index (χ3n) is 3.27. The second-order valence-corrected chi connectivity index (χ2v) is 4.46. The smallest absolute Gasteiger partial charge is 0.0991 e. The molecule has 0 aliphatic rings. The summed E-state index contributed by atoms with van der Waals surface area (Å²) >= 11 is 0. The van der Waals surface area contributed by atoms with Crippen LogP contribution in [0.1, 0.15) is 5.56 Å². The number of anilines is 2. The lowest BCUT2D eigenvalue weighted by Crippen LogP contribution is -2.10. The zero-order valence-electron chi connectivity index (χ0n) is 11.0. The standard InChI is InChI=1S/C16H12N4/c1-20(13-8-6-12(10-17)7-9-13)16-11-18-19-15-5-3-2-4-14(15)16/h2-9,11H,1H3. The number of hydrogen-bond acceptors (Lipinski definition) is 4. The van der Waals surface area contributed by atoms with E-state index < -0.39 is 0 Å². The molecule has 0 spiro atoms. The largest absolute Gasteiger partial charge is 0.343 e. The number of benzene rings is 2. The van der Waals surface area contributed by atoms with Gasteiger partial charge in [0, 0.05) is 18.1 Å². The normalized spacial score (nSPS) is 10.2. The highest BCUT2D eigenvalue weighted by atomic mass is 15.2. The lowest BCUT2D eigenvalue weighted by atomic mass is 10.1. The van der Waals surface area contributed by atoms with Gasteiger partial charge in [-0.2, -0.15) is 15.5 Å². The first-order valence-corrected chi connectivity index (χ1v) is 6.24. The lowest BCUT2D eigenvalue weighted by molar-refractivity contribution is 1.06. The maximum absolute atomic E-state index is 8.84. The minimum atomic E-state index is 0.653. The van der Waals surface area contributed by atoms with Crippen LogP contribution in [-0.2, 0) is 0 Å². The van der Waals surface area contributed by atoms with Crippen molar-refractivity contribution in [2.75, 3.05) is 11.9 Å². The van der Waals surface area contributed by atoms with Crippen molar-refractivity contribution in [2.45, 2.75) is 0 Å². The molecule has 0 N–H and O–H groups in total. The molecular weight excluding hydrogens is 248 g/mol. The van der Waals surface area contributed by atoms with Gasteiger partial charge < -0.3 is 4.90 Å². The topological polar surface area (TPSA) is 52.8 Å². The van der Waals surface area contributed by atoms with E-state index in [2.05, 4.69) is 16.3 Å². The van der Waals surface area contributed by atoms with E-state index >= 15 is 0 Å². The molecule has 0 saturated heterocycles. The van der Waals surface area contributed by atoms with E-state index in [1.807, 2.05) is 60.5 Å². The van der Waals surface area contributed by atoms with Gasteiger partial charge in [-0.1, -0.05) is 18.2 Å². The third-order valence-corrected chi connectivity index (χ3v) is 3.27. The van der Waals surface area contributed by atoms with Crippen LogP contribution >= 0.6 is 0 Å². The van der Waals surface area contributed by atoms with Crippen molar-refractivity contribution in [1.29, 1.82) is 5.26 Å². The first-order chi connectivity index (χ1) is 9.79. The number of nitriles is 1. The number of hydrogen-bond donors (Lipinski definition) is 0. The highest BCUT2D eigenvalue weighted by Gasteiger charge is 2.09. The van der Waals surface area contributed by atoms with Gasteiger partial charge in [-0.15, -0.1) is 0 Å². The Morgan fingerprint density at radius 3 is 2.55 bits per heavy atom. The molecule has 0 fully saturated rings. The van der Waals surface area contributed by atoms with Crippen molar-refractivity contribution in [1.82, 2.24) is 10.2 Å². The molecule has 3 rings (SSSR count). The van der Waals surface area contributed by atoms with Gasteiger partial charge in [-0.25, -0.2) is 0 Å². The van der Waals surface area contributed by atoms with Gasteiger partial charge >= 0.3 is 0 Å². The SMILES string of the molecule is CN(c1ccc(C#N)cc1)c1cnnc2ccccc12. The predicted molar refractivity (Wildman–Crippen MR) is 78.8 cm³/mol. The molecule has 20 heavy (non-hydrogen) atoms. The zero-order chi connectivity index (χ0) is 13.9. The van der Waals surface area contributed by atoms with Crippen molar-refractivity contribution < 1.29 is 0 Å². The molecule has 1 aromatic heterocycles. The van der Waals surface area contributed by atoms with Gasteiger partial charge in [0.25, 0.3) is 0 Å².